The third kappa shape index (κ3) is 6.13. The molecule has 16 atom stereocenters. The number of fused-ring (bicyclic) bond motifs is 10. The summed E-state index contributed by atoms with van der Waals surface area (Å²) in [5.74, 6) is 17.6. The van der Waals surface area contributed by atoms with Gasteiger partial charge in [-0.05, 0) is 159 Å². The Labute approximate surface area is 272 Å². The molecule has 0 bridgehead atoms. The van der Waals surface area contributed by atoms with Gasteiger partial charge in [-0.25, -0.2) is 0 Å². The van der Waals surface area contributed by atoms with E-state index in [1.807, 2.05) is 0 Å². The summed E-state index contributed by atoms with van der Waals surface area (Å²) < 4.78 is 0. The molecule has 0 nitrogen and oxygen atoms in total. The van der Waals surface area contributed by atoms with Crippen molar-refractivity contribution in [2.24, 2.45) is 94.7 Å². The molecule has 42 heavy (non-hydrogen) atoms. The predicted octanol–water partition coefficient (Wildman–Crippen LogP) is 12.0. The Morgan fingerprint density at radius 3 is 1.02 bits per heavy atom. The molecule has 0 aromatic rings. The Kier molecular flexibility index (Phi) is 13.2. The summed E-state index contributed by atoms with van der Waals surface area (Å²) in [6.45, 7) is 10.5. The lowest BCUT2D eigenvalue weighted by molar-refractivity contribution is -0.0844. The molecular formula is C40H76B2. The fourth-order valence-corrected chi connectivity index (χ4v) is 14.5. The average Bonchev–Trinajstić information content (AvgIpc) is 3.64. The Balaban J connectivity index is 0.000000387. The van der Waals surface area contributed by atoms with Crippen molar-refractivity contribution in [3.05, 3.63) is 0 Å². The van der Waals surface area contributed by atoms with Crippen molar-refractivity contribution in [3.63, 3.8) is 0 Å². The summed E-state index contributed by atoms with van der Waals surface area (Å²) in [6.07, 6.45) is 28.2. The molecule has 12 unspecified atom stereocenters. The first-order valence-corrected chi connectivity index (χ1v) is 18.5. The molecular weight excluding hydrogens is 502 g/mol. The van der Waals surface area contributed by atoms with Crippen LogP contribution in [0.4, 0.5) is 0 Å². The van der Waals surface area contributed by atoms with E-state index in [0.717, 1.165) is 94.7 Å². The second kappa shape index (κ2) is 15.1. The first kappa shape index (κ1) is 36.6. The van der Waals surface area contributed by atoms with Crippen molar-refractivity contribution >= 4 is 16.8 Å². The molecule has 6 radical (unpaired) electrons. The topological polar surface area (TPSA) is 0 Å². The van der Waals surface area contributed by atoms with Crippen LogP contribution < -0.4 is 0 Å². The molecule has 2 heteroatoms. The maximum Gasteiger partial charge on any atom is 0 e. The van der Waals surface area contributed by atoms with E-state index in [-0.39, 0.29) is 34.5 Å². The summed E-state index contributed by atoms with van der Waals surface area (Å²) in [6, 6.07) is 0. The van der Waals surface area contributed by atoms with Gasteiger partial charge < -0.3 is 0 Å². The molecule has 0 saturated heterocycles. The fourth-order valence-electron chi connectivity index (χ4n) is 14.5. The quantitative estimate of drug-likeness (QED) is 0.250. The largest absolute Gasteiger partial charge is 0.0776 e. The van der Waals surface area contributed by atoms with Gasteiger partial charge >= 0.3 is 0 Å². The minimum absolute atomic E-state index is 0. The lowest BCUT2D eigenvalue weighted by atomic mass is 9.48. The zero-order chi connectivity index (χ0) is 26.0. The zero-order valence-electron chi connectivity index (χ0n) is 27.1. The second-order valence-corrected chi connectivity index (χ2v) is 17.0. The lowest BCUT2D eigenvalue weighted by Gasteiger charge is -2.57. The van der Waals surface area contributed by atoms with E-state index in [4.69, 9.17) is 0 Å². The number of hydrogen-bond donors (Lipinski definition) is 0. The molecule has 0 spiro atoms. The van der Waals surface area contributed by atoms with Gasteiger partial charge in [0.1, 0.15) is 0 Å². The van der Waals surface area contributed by atoms with Crippen molar-refractivity contribution < 1.29 is 2.85 Å². The monoisotopic (exact) mass is 581 g/mol. The van der Waals surface area contributed by atoms with Gasteiger partial charge in [0, 0.05) is 19.7 Å². The van der Waals surface area contributed by atoms with E-state index in [0.29, 0.717) is 0 Å². The Morgan fingerprint density at radius 1 is 0.310 bits per heavy atom. The molecule has 0 N–H and O–H groups in total. The molecule has 0 aromatic heterocycles. The predicted molar refractivity (Wildman–Crippen MR) is 191 cm³/mol. The lowest BCUT2D eigenvalue weighted by Crippen LogP contribution is -2.50. The summed E-state index contributed by atoms with van der Waals surface area (Å²) >= 11 is 0. The first-order chi connectivity index (χ1) is 18.5. The molecule has 8 saturated carbocycles. The molecule has 0 heterocycles. The minimum atomic E-state index is 0. The van der Waals surface area contributed by atoms with Gasteiger partial charge in [-0.3, -0.25) is 0 Å². The van der Waals surface area contributed by atoms with Crippen LogP contribution in [0, 0.1) is 94.7 Å². The van der Waals surface area contributed by atoms with Crippen LogP contribution in [0.5, 0.6) is 0 Å². The molecule has 0 aliphatic heterocycles. The molecule has 0 aromatic carbocycles. The Morgan fingerprint density at radius 2 is 0.643 bits per heavy atom. The molecule has 8 fully saturated rings. The normalized spacial score (nSPS) is 51.7. The van der Waals surface area contributed by atoms with E-state index >= 15 is 0 Å². The van der Waals surface area contributed by atoms with Crippen molar-refractivity contribution in [3.8, 4) is 0 Å². The highest BCUT2D eigenvalue weighted by atomic mass is 14.6. The third-order valence-electron chi connectivity index (χ3n) is 16.2. The van der Waals surface area contributed by atoms with Crippen LogP contribution in [0.25, 0.3) is 0 Å². The van der Waals surface area contributed by atoms with E-state index in [1.54, 1.807) is 103 Å². The standard InChI is InChI=1S/2C19H32.2CH4.2B.2H2/c2*1-12-13(2)19-16-9-5-6-14(16)10-11-18(19)17-8-4-3-7-15(12)17;;;;;;/h2*12-19H,3-11H2,1-2H3;2*1H4;;;2*1H/t2*12-,13-,14?,15?,16?,17?,18?,19?;;;;;;/m10....../s1/i;;;;;;2*1+1. The van der Waals surface area contributed by atoms with Crippen molar-refractivity contribution in [2.45, 2.75) is 158 Å². The highest BCUT2D eigenvalue weighted by Gasteiger charge is 2.55. The van der Waals surface area contributed by atoms with Crippen LogP contribution in [-0.2, 0) is 0 Å². The van der Waals surface area contributed by atoms with Crippen LogP contribution in [0.3, 0.4) is 0 Å². The Bertz CT molecular complexity index is 755. The van der Waals surface area contributed by atoms with Gasteiger partial charge in [-0.15, -0.1) is 0 Å². The summed E-state index contributed by atoms with van der Waals surface area (Å²) in [5, 5.41) is 0. The molecule has 0 amide bonds. The zero-order valence-corrected chi connectivity index (χ0v) is 27.1. The molecule has 8 aliphatic carbocycles. The van der Waals surface area contributed by atoms with Crippen LogP contribution >= 0.6 is 0 Å². The van der Waals surface area contributed by atoms with E-state index in [9.17, 15) is 0 Å². The van der Waals surface area contributed by atoms with Gasteiger partial charge in [0.15, 0.2) is 0 Å². The molecule has 242 valence electrons. The molecule has 8 aliphatic rings. The maximum absolute atomic E-state index is 2.63. The SMILES string of the molecule is C.C.C[C@@H]1C2CCCCC2C2CCC3CCCC3C2[C@H]1C.C[C@H]1C2CCCCC2C2CCC3CCCC3C2[C@@H]1C.[2HH].[2HH].[B].[B]. The van der Waals surface area contributed by atoms with Crippen molar-refractivity contribution in [1.82, 2.24) is 0 Å². The maximum atomic E-state index is 2.63. The highest BCUT2D eigenvalue weighted by molar-refractivity contribution is 5.76. The Hall–Kier alpha value is 0.130. The van der Waals surface area contributed by atoms with Gasteiger partial charge in [0.25, 0.3) is 0 Å². The fraction of sp³-hybridized carbons (Fsp3) is 1.00. The van der Waals surface area contributed by atoms with Gasteiger partial charge in [-0.1, -0.05) is 93.9 Å². The smallest absolute Gasteiger partial charge is 0 e. The summed E-state index contributed by atoms with van der Waals surface area (Å²) in [7, 11) is 0. The average molecular weight is 581 g/mol. The summed E-state index contributed by atoms with van der Waals surface area (Å²) in [5.41, 5.74) is 0. The van der Waals surface area contributed by atoms with Gasteiger partial charge in [0.05, 0.1) is 0 Å². The first-order valence-electron chi connectivity index (χ1n) is 18.5. The van der Waals surface area contributed by atoms with Crippen LogP contribution in [0.2, 0.25) is 0 Å². The van der Waals surface area contributed by atoms with E-state index in [2.05, 4.69) is 27.7 Å². The number of rotatable bonds is 0. The van der Waals surface area contributed by atoms with Gasteiger partial charge in [-0.2, -0.15) is 0 Å². The second-order valence-electron chi connectivity index (χ2n) is 17.0. The van der Waals surface area contributed by atoms with Gasteiger partial charge in [0.2, 0.25) is 0 Å². The highest BCUT2D eigenvalue weighted by Crippen LogP contribution is 2.62. The van der Waals surface area contributed by atoms with Crippen LogP contribution in [0.1, 0.15) is 161 Å². The van der Waals surface area contributed by atoms with Crippen LogP contribution in [0.15, 0.2) is 0 Å². The minimum Gasteiger partial charge on any atom is -0.0776 e. The summed E-state index contributed by atoms with van der Waals surface area (Å²) in [4.78, 5) is 0. The van der Waals surface area contributed by atoms with Crippen molar-refractivity contribution in [1.29, 1.82) is 0 Å². The van der Waals surface area contributed by atoms with Crippen LogP contribution in [-0.4, -0.2) is 16.8 Å². The third-order valence-corrected chi connectivity index (χ3v) is 16.2. The van der Waals surface area contributed by atoms with E-state index in [1.165, 1.54) is 12.8 Å². The molecule has 8 rings (SSSR count). The van der Waals surface area contributed by atoms with Crippen molar-refractivity contribution in [2.75, 3.05) is 0 Å². The number of hydrogen-bond acceptors (Lipinski definition) is 0. The van der Waals surface area contributed by atoms with E-state index < -0.39 is 0 Å².